The van der Waals surface area contributed by atoms with E-state index in [9.17, 15) is 9.59 Å². The molecule has 2 amide bonds. The number of thioether (sulfide) groups is 1. The van der Waals surface area contributed by atoms with E-state index in [-0.39, 0.29) is 17.6 Å². The van der Waals surface area contributed by atoms with Crippen LogP contribution in [0.1, 0.15) is 18.5 Å². The number of para-hydroxylation sites is 1. The molecule has 1 fully saturated rings. The minimum absolute atomic E-state index is 0.0980. The molecule has 1 saturated heterocycles. The third-order valence-electron chi connectivity index (χ3n) is 5.00. The second-order valence-electron chi connectivity index (χ2n) is 6.78. The van der Waals surface area contributed by atoms with E-state index in [4.69, 9.17) is 9.47 Å². The van der Waals surface area contributed by atoms with E-state index in [0.717, 1.165) is 0 Å². The van der Waals surface area contributed by atoms with Crippen molar-refractivity contribution in [3.8, 4) is 11.5 Å². The van der Waals surface area contributed by atoms with Gasteiger partial charge in [-0.3, -0.25) is 14.5 Å². The summed E-state index contributed by atoms with van der Waals surface area (Å²) < 4.78 is 10.9. The number of aliphatic imine (C=N–C) groups is 1. The Morgan fingerprint density at radius 2 is 1.93 bits per heavy atom. The molecular formula is C22H21N3O4S. The number of amidine groups is 1. The van der Waals surface area contributed by atoms with Gasteiger partial charge in [-0.1, -0.05) is 30.0 Å². The van der Waals surface area contributed by atoms with Gasteiger partial charge >= 0.3 is 0 Å². The molecule has 0 bridgehead atoms. The average Bonchev–Trinajstić information content (AvgIpc) is 3.13. The van der Waals surface area contributed by atoms with Crippen molar-refractivity contribution in [2.75, 3.05) is 25.3 Å². The van der Waals surface area contributed by atoms with Gasteiger partial charge < -0.3 is 14.8 Å². The highest BCUT2D eigenvalue weighted by atomic mass is 32.2. The number of rotatable bonds is 5. The van der Waals surface area contributed by atoms with E-state index in [2.05, 4.69) is 10.3 Å². The minimum Gasteiger partial charge on any atom is -0.497 e. The summed E-state index contributed by atoms with van der Waals surface area (Å²) in [5.41, 5.74) is 2.33. The fourth-order valence-corrected chi connectivity index (χ4v) is 4.53. The van der Waals surface area contributed by atoms with Crippen LogP contribution in [0.25, 0.3) is 0 Å². The quantitative estimate of drug-likeness (QED) is 0.795. The molecule has 0 radical (unpaired) electrons. The van der Waals surface area contributed by atoms with E-state index in [1.807, 2.05) is 36.4 Å². The van der Waals surface area contributed by atoms with Gasteiger partial charge in [0.1, 0.15) is 11.5 Å². The van der Waals surface area contributed by atoms with E-state index in [1.165, 1.54) is 11.8 Å². The molecule has 7 nitrogen and oxygen atoms in total. The molecule has 2 aliphatic heterocycles. The molecule has 0 aliphatic carbocycles. The summed E-state index contributed by atoms with van der Waals surface area (Å²) in [6, 6.07) is 13.9. The summed E-state index contributed by atoms with van der Waals surface area (Å²) in [4.78, 5) is 32.2. The lowest BCUT2D eigenvalue weighted by Crippen LogP contribution is -2.40. The number of allylic oxidation sites excluding steroid dienone is 1. The zero-order valence-corrected chi connectivity index (χ0v) is 17.7. The molecule has 2 aliphatic rings. The molecule has 0 saturated carbocycles. The topological polar surface area (TPSA) is 80.2 Å². The maximum Gasteiger partial charge on any atom is 0.255 e. The monoisotopic (exact) mass is 423 g/mol. The zero-order chi connectivity index (χ0) is 21.3. The number of fused-ring (bicyclic) bond motifs is 1. The standard InChI is InChI=1S/C22H21N3O4S/c1-13-19(21(27)24-14-7-5-4-6-8-14)20(25-18(26)12-30-22(25)23-13)16-10-9-15(28-2)11-17(16)29-3/h4-11,20H,12H2,1-3H3,(H,24,27). The average molecular weight is 423 g/mol. The Morgan fingerprint density at radius 1 is 1.17 bits per heavy atom. The minimum atomic E-state index is -0.649. The van der Waals surface area contributed by atoms with Crippen LogP contribution in [0.5, 0.6) is 11.5 Å². The first-order valence-corrected chi connectivity index (χ1v) is 10.3. The van der Waals surface area contributed by atoms with Crippen molar-refractivity contribution in [1.29, 1.82) is 0 Å². The largest absolute Gasteiger partial charge is 0.497 e. The summed E-state index contributed by atoms with van der Waals surface area (Å²) in [6.45, 7) is 1.79. The Labute approximate surface area is 178 Å². The van der Waals surface area contributed by atoms with Crippen LogP contribution in [-0.2, 0) is 9.59 Å². The first kappa shape index (κ1) is 20.0. The number of nitrogens with one attached hydrogen (secondary N) is 1. The van der Waals surface area contributed by atoms with Crippen LogP contribution >= 0.6 is 11.8 Å². The molecule has 1 unspecified atom stereocenters. The van der Waals surface area contributed by atoms with Crippen LogP contribution in [0.2, 0.25) is 0 Å². The Morgan fingerprint density at radius 3 is 2.63 bits per heavy atom. The van der Waals surface area contributed by atoms with E-state index in [1.54, 1.807) is 38.2 Å². The molecule has 2 heterocycles. The first-order valence-electron chi connectivity index (χ1n) is 9.36. The molecule has 1 N–H and O–H groups in total. The van der Waals surface area contributed by atoms with Gasteiger partial charge in [0.05, 0.1) is 37.3 Å². The summed E-state index contributed by atoms with van der Waals surface area (Å²) in [5, 5.41) is 3.51. The van der Waals surface area contributed by atoms with Crippen molar-refractivity contribution in [3.05, 3.63) is 65.4 Å². The zero-order valence-electron chi connectivity index (χ0n) is 16.8. The highest BCUT2D eigenvalue weighted by Crippen LogP contribution is 2.44. The molecule has 2 aromatic rings. The number of ether oxygens (including phenoxy) is 2. The molecule has 8 heteroatoms. The second kappa shape index (κ2) is 8.23. The normalized spacial score (nSPS) is 18.1. The van der Waals surface area contributed by atoms with Crippen molar-refractivity contribution in [3.63, 3.8) is 0 Å². The predicted octanol–water partition coefficient (Wildman–Crippen LogP) is 3.60. The van der Waals surface area contributed by atoms with Crippen LogP contribution < -0.4 is 14.8 Å². The van der Waals surface area contributed by atoms with Crippen LogP contribution in [0.15, 0.2) is 64.8 Å². The van der Waals surface area contributed by atoms with E-state index >= 15 is 0 Å². The van der Waals surface area contributed by atoms with Gasteiger partial charge in [0.25, 0.3) is 5.91 Å². The van der Waals surface area contributed by atoms with Gasteiger partial charge in [-0.15, -0.1) is 0 Å². The number of amides is 2. The predicted molar refractivity (Wildman–Crippen MR) is 117 cm³/mol. The van der Waals surface area contributed by atoms with Crippen molar-refractivity contribution in [2.24, 2.45) is 4.99 Å². The number of anilines is 1. The summed E-state index contributed by atoms with van der Waals surface area (Å²) >= 11 is 1.37. The number of hydrogen-bond acceptors (Lipinski definition) is 6. The number of nitrogens with zero attached hydrogens (tertiary/aromatic N) is 2. The lowest BCUT2D eigenvalue weighted by molar-refractivity contribution is -0.125. The lowest BCUT2D eigenvalue weighted by Gasteiger charge is -2.34. The van der Waals surface area contributed by atoms with Crippen LogP contribution in [0.4, 0.5) is 5.69 Å². The fraction of sp³-hybridized carbons (Fsp3) is 0.227. The summed E-state index contributed by atoms with van der Waals surface area (Å²) in [7, 11) is 3.13. The van der Waals surface area contributed by atoms with Gasteiger partial charge in [0.15, 0.2) is 5.17 Å². The van der Waals surface area contributed by atoms with Crippen LogP contribution in [0, 0.1) is 0 Å². The Bertz CT molecular complexity index is 1070. The van der Waals surface area contributed by atoms with Gasteiger partial charge in [0.2, 0.25) is 5.91 Å². The van der Waals surface area contributed by atoms with Gasteiger partial charge in [-0.25, -0.2) is 4.99 Å². The van der Waals surface area contributed by atoms with Gasteiger partial charge in [-0.2, -0.15) is 0 Å². The molecule has 2 aromatic carbocycles. The first-order chi connectivity index (χ1) is 14.5. The van der Waals surface area contributed by atoms with Gasteiger partial charge in [0, 0.05) is 17.3 Å². The third-order valence-corrected chi connectivity index (χ3v) is 5.93. The Balaban J connectivity index is 1.83. The molecule has 0 aromatic heterocycles. The van der Waals surface area contributed by atoms with Crippen LogP contribution in [-0.4, -0.2) is 41.9 Å². The fourth-order valence-electron chi connectivity index (χ4n) is 3.59. The summed E-state index contributed by atoms with van der Waals surface area (Å²) in [5.74, 6) is 1.03. The van der Waals surface area contributed by atoms with Crippen molar-refractivity contribution < 1.29 is 19.1 Å². The number of hydrogen-bond donors (Lipinski definition) is 1. The van der Waals surface area contributed by atoms with Crippen molar-refractivity contribution >= 4 is 34.4 Å². The molecule has 4 rings (SSSR count). The number of benzene rings is 2. The maximum atomic E-state index is 13.3. The number of carbonyl (C=O) groups excluding carboxylic acids is 2. The molecule has 30 heavy (non-hydrogen) atoms. The van der Waals surface area contributed by atoms with E-state index in [0.29, 0.717) is 39.2 Å². The van der Waals surface area contributed by atoms with Crippen molar-refractivity contribution in [1.82, 2.24) is 4.90 Å². The summed E-state index contributed by atoms with van der Waals surface area (Å²) in [6.07, 6.45) is 0. The van der Waals surface area contributed by atoms with Gasteiger partial charge in [-0.05, 0) is 31.2 Å². The second-order valence-corrected chi connectivity index (χ2v) is 7.72. The highest BCUT2D eigenvalue weighted by Gasteiger charge is 2.43. The van der Waals surface area contributed by atoms with E-state index < -0.39 is 6.04 Å². The smallest absolute Gasteiger partial charge is 0.255 e. The molecule has 0 spiro atoms. The van der Waals surface area contributed by atoms with Crippen LogP contribution in [0.3, 0.4) is 0 Å². The Hall–Kier alpha value is -3.26. The highest BCUT2D eigenvalue weighted by molar-refractivity contribution is 8.15. The number of methoxy groups -OCH3 is 2. The SMILES string of the molecule is COc1ccc(C2C(C(=O)Nc3ccccc3)=C(C)N=C3SCC(=O)N32)c(OC)c1. The van der Waals surface area contributed by atoms with Crippen molar-refractivity contribution in [2.45, 2.75) is 13.0 Å². The lowest BCUT2D eigenvalue weighted by atomic mass is 9.92. The maximum absolute atomic E-state index is 13.3. The molecule has 1 atom stereocenters. The molecule has 154 valence electrons. The molecular weight excluding hydrogens is 402 g/mol. The number of carbonyl (C=O) groups is 2. The third kappa shape index (κ3) is 3.54. The Kier molecular flexibility index (Phi) is 5.50.